The number of piperidine rings is 1. The number of likely N-dealkylation sites (tertiary alicyclic amines) is 1. The van der Waals surface area contributed by atoms with Crippen LogP contribution in [0.15, 0.2) is 72.8 Å². The maximum atomic E-state index is 14.1. The molecule has 0 radical (unpaired) electrons. The minimum Gasteiger partial charge on any atom is -0.445 e. The van der Waals surface area contributed by atoms with Crippen molar-refractivity contribution >= 4 is 35.0 Å². The summed E-state index contributed by atoms with van der Waals surface area (Å²) in [5.74, 6) is -0.943. The van der Waals surface area contributed by atoms with Crippen LogP contribution in [-0.4, -0.2) is 35.3 Å². The van der Waals surface area contributed by atoms with E-state index in [0.29, 0.717) is 23.7 Å². The zero-order valence-corrected chi connectivity index (χ0v) is 19.8. The Morgan fingerprint density at radius 1 is 1.12 bits per heavy atom. The number of carbonyl (C=O) groups excluding carboxylic acids is 1. The smallest absolute Gasteiger partial charge is 0.410 e. The lowest BCUT2D eigenvalue weighted by atomic mass is 9.84. The molecule has 34 heavy (non-hydrogen) atoms. The first-order valence-electron chi connectivity index (χ1n) is 11.0. The van der Waals surface area contributed by atoms with Gasteiger partial charge < -0.3 is 20.1 Å². The van der Waals surface area contributed by atoms with E-state index in [-0.39, 0.29) is 18.2 Å². The minimum absolute atomic E-state index is 0.0230. The third kappa shape index (κ3) is 6.00. The fraction of sp³-hybridized carbons (Fsp3) is 0.269. The summed E-state index contributed by atoms with van der Waals surface area (Å²) in [7, 11) is 0. The Balaban J connectivity index is 1.54. The van der Waals surface area contributed by atoms with Crippen molar-refractivity contribution < 1.29 is 19.0 Å². The van der Waals surface area contributed by atoms with Gasteiger partial charge in [0.1, 0.15) is 12.4 Å². The first-order chi connectivity index (χ1) is 16.4. The molecule has 5 nitrogen and oxygen atoms in total. The predicted molar refractivity (Wildman–Crippen MR) is 132 cm³/mol. The van der Waals surface area contributed by atoms with Crippen molar-refractivity contribution in [2.24, 2.45) is 5.92 Å². The molecule has 1 saturated heterocycles. The van der Waals surface area contributed by atoms with Gasteiger partial charge >= 0.3 is 6.09 Å². The van der Waals surface area contributed by atoms with Crippen LogP contribution < -0.4 is 5.32 Å². The van der Waals surface area contributed by atoms with Gasteiger partial charge in [-0.15, -0.1) is 0 Å². The highest BCUT2D eigenvalue weighted by Crippen LogP contribution is 2.35. The number of anilines is 1. The van der Waals surface area contributed by atoms with Gasteiger partial charge in [-0.3, -0.25) is 0 Å². The van der Waals surface area contributed by atoms with Gasteiger partial charge in [0.25, 0.3) is 0 Å². The first-order valence-corrected chi connectivity index (χ1v) is 11.8. The Labute approximate surface area is 208 Å². The van der Waals surface area contributed by atoms with E-state index < -0.39 is 30.0 Å². The van der Waals surface area contributed by atoms with E-state index in [0.717, 1.165) is 11.1 Å². The molecule has 4 rings (SSSR count). The molecule has 8 heteroatoms. The standard InChI is InChI=1S/C26H25Cl2FN2O3/c27-19-8-4-7-18(13-19)25(30-20-9-10-22(28)23(29)14-20)21-15-31(12-11-24(21)32)26(33)34-16-17-5-2-1-3-6-17/h1-10,13-14,21,24-25,30,32H,11-12,15-16H2/t21-,24-,25-/m1/s1. The van der Waals surface area contributed by atoms with Gasteiger partial charge in [-0.1, -0.05) is 65.7 Å². The number of rotatable bonds is 6. The largest absolute Gasteiger partial charge is 0.445 e. The second-order valence-electron chi connectivity index (χ2n) is 8.31. The van der Waals surface area contributed by atoms with E-state index in [2.05, 4.69) is 5.32 Å². The van der Waals surface area contributed by atoms with Crippen molar-refractivity contribution in [1.82, 2.24) is 4.90 Å². The van der Waals surface area contributed by atoms with Gasteiger partial charge in [0.05, 0.1) is 17.2 Å². The Kier molecular flexibility index (Phi) is 7.93. The van der Waals surface area contributed by atoms with E-state index in [1.54, 1.807) is 23.1 Å². The quantitative estimate of drug-likeness (QED) is 0.414. The van der Waals surface area contributed by atoms with Crippen LogP contribution in [0.25, 0.3) is 0 Å². The highest BCUT2D eigenvalue weighted by Gasteiger charge is 2.37. The molecule has 0 aliphatic carbocycles. The Hall–Kier alpha value is -2.80. The summed E-state index contributed by atoms with van der Waals surface area (Å²) in [5.41, 5.74) is 2.21. The zero-order chi connectivity index (χ0) is 24.1. The van der Waals surface area contributed by atoms with Gasteiger partial charge in [0, 0.05) is 29.7 Å². The SMILES string of the molecule is O=C(OCc1ccccc1)N1CC[C@@H](O)[C@H]([C@H](Nc2ccc(Cl)c(F)c2)c2cccc(Cl)c2)C1. The molecule has 1 amide bonds. The van der Waals surface area contributed by atoms with Crippen LogP contribution in [0.4, 0.5) is 14.9 Å². The number of carbonyl (C=O) groups is 1. The molecule has 0 saturated carbocycles. The Morgan fingerprint density at radius 2 is 1.91 bits per heavy atom. The molecule has 1 aliphatic heterocycles. The number of nitrogens with one attached hydrogen (secondary N) is 1. The summed E-state index contributed by atoms with van der Waals surface area (Å²) in [6, 6.07) is 20.7. The highest BCUT2D eigenvalue weighted by molar-refractivity contribution is 6.31. The van der Waals surface area contributed by atoms with Gasteiger partial charge in [-0.05, 0) is 47.9 Å². The van der Waals surface area contributed by atoms with Crippen LogP contribution in [0.2, 0.25) is 10.0 Å². The van der Waals surface area contributed by atoms with E-state index in [9.17, 15) is 14.3 Å². The molecule has 1 aliphatic rings. The number of aliphatic hydroxyl groups excluding tert-OH is 1. The molecule has 3 aromatic carbocycles. The molecule has 3 atom stereocenters. The molecule has 1 heterocycles. The molecule has 0 aromatic heterocycles. The van der Waals surface area contributed by atoms with Gasteiger partial charge in [0.15, 0.2) is 0 Å². The summed E-state index contributed by atoms with van der Waals surface area (Å²) in [4.78, 5) is 14.4. The molecule has 1 fully saturated rings. The number of nitrogens with zero attached hydrogens (tertiary/aromatic N) is 1. The summed E-state index contributed by atoms with van der Waals surface area (Å²) in [5, 5.41) is 14.8. The van der Waals surface area contributed by atoms with Crippen molar-refractivity contribution in [1.29, 1.82) is 0 Å². The number of hydrogen-bond donors (Lipinski definition) is 2. The van der Waals surface area contributed by atoms with Crippen molar-refractivity contribution in [3.8, 4) is 0 Å². The highest BCUT2D eigenvalue weighted by atomic mass is 35.5. The second kappa shape index (κ2) is 11.1. The Bertz CT molecular complexity index is 1130. The van der Waals surface area contributed by atoms with Gasteiger partial charge in [0.2, 0.25) is 0 Å². The maximum Gasteiger partial charge on any atom is 0.410 e. The second-order valence-corrected chi connectivity index (χ2v) is 9.16. The number of benzene rings is 3. The third-order valence-corrected chi connectivity index (χ3v) is 6.50. The first kappa shape index (κ1) is 24.3. The monoisotopic (exact) mass is 502 g/mol. The average molecular weight is 503 g/mol. The average Bonchev–Trinajstić information content (AvgIpc) is 2.84. The lowest BCUT2D eigenvalue weighted by molar-refractivity contribution is 0.0117. The number of aliphatic hydroxyl groups is 1. The topological polar surface area (TPSA) is 61.8 Å². The van der Waals surface area contributed by atoms with Crippen molar-refractivity contribution in [3.63, 3.8) is 0 Å². The molecular weight excluding hydrogens is 478 g/mol. The van der Waals surface area contributed by atoms with Crippen molar-refractivity contribution in [2.45, 2.75) is 25.2 Å². The Morgan fingerprint density at radius 3 is 2.65 bits per heavy atom. The van der Waals surface area contributed by atoms with Crippen LogP contribution in [0, 0.1) is 11.7 Å². The summed E-state index contributed by atoms with van der Waals surface area (Å²) >= 11 is 12.1. The number of amides is 1. The molecule has 178 valence electrons. The third-order valence-electron chi connectivity index (χ3n) is 5.96. The normalized spacial score (nSPS) is 18.9. The van der Waals surface area contributed by atoms with E-state index in [1.165, 1.54) is 12.1 Å². The van der Waals surface area contributed by atoms with Gasteiger partial charge in [-0.25, -0.2) is 9.18 Å². The van der Waals surface area contributed by atoms with Crippen molar-refractivity contribution in [3.05, 3.63) is 99.8 Å². The van der Waals surface area contributed by atoms with Gasteiger partial charge in [-0.2, -0.15) is 0 Å². The summed E-state index contributed by atoms with van der Waals surface area (Å²) < 4.78 is 19.6. The molecule has 3 aromatic rings. The number of ether oxygens (including phenoxy) is 1. The molecular formula is C26H25Cl2FN2O3. The fourth-order valence-electron chi connectivity index (χ4n) is 4.18. The zero-order valence-electron chi connectivity index (χ0n) is 18.3. The van der Waals surface area contributed by atoms with Crippen LogP contribution in [0.3, 0.4) is 0 Å². The molecule has 0 unspecified atom stereocenters. The predicted octanol–water partition coefficient (Wildman–Crippen LogP) is 6.31. The lowest BCUT2D eigenvalue weighted by Gasteiger charge is -2.40. The molecule has 2 N–H and O–H groups in total. The maximum absolute atomic E-state index is 14.1. The van der Waals surface area contributed by atoms with Crippen LogP contribution in [0.1, 0.15) is 23.6 Å². The van der Waals surface area contributed by atoms with E-state index >= 15 is 0 Å². The van der Waals surface area contributed by atoms with Crippen LogP contribution in [-0.2, 0) is 11.3 Å². The minimum atomic E-state index is -0.688. The summed E-state index contributed by atoms with van der Waals surface area (Å²) in [6.07, 6.45) is -0.742. The van der Waals surface area contributed by atoms with Crippen LogP contribution >= 0.6 is 23.2 Å². The molecule has 0 spiro atoms. The summed E-state index contributed by atoms with van der Waals surface area (Å²) in [6.45, 7) is 0.807. The van der Waals surface area contributed by atoms with E-state index in [1.807, 2.05) is 42.5 Å². The van der Waals surface area contributed by atoms with Crippen LogP contribution in [0.5, 0.6) is 0 Å². The number of halogens is 3. The fourth-order valence-corrected chi connectivity index (χ4v) is 4.49. The number of hydrogen-bond acceptors (Lipinski definition) is 4. The lowest BCUT2D eigenvalue weighted by Crippen LogP contribution is -2.49. The molecule has 0 bridgehead atoms. The van der Waals surface area contributed by atoms with E-state index in [4.69, 9.17) is 27.9 Å². The van der Waals surface area contributed by atoms with Crippen molar-refractivity contribution in [2.75, 3.05) is 18.4 Å².